The van der Waals surface area contributed by atoms with Crippen molar-refractivity contribution in [2.75, 3.05) is 25.0 Å². The molecule has 8 nitrogen and oxygen atoms in total. The fraction of sp³-hybridized carbons (Fsp3) is 1.00. The van der Waals surface area contributed by atoms with Crippen molar-refractivity contribution in [1.82, 2.24) is 0 Å². The first-order chi connectivity index (χ1) is 7.62. The molecule has 0 fully saturated rings. The zero-order valence-electron chi connectivity index (χ0n) is 10.1. The van der Waals surface area contributed by atoms with Crippen LogP contribution >= 0.6 is 0 Å². The van der Waals surface area contributed by atoms with Gasteiger partial charge in [-0.25, -0.2) is 0 Å². The van der Waals surface area contributed by atoms with E-state index in [1.807, 2.05) is 0 Å². The molecule has 0 bridgehead atoms. The van der Waals surface area contributed by atoms with Crippen molar-refractivity contribution in [3.05, 3.63) is 0 Å². The molecule has 0 rings (SSSR count). The molecule has 0 unspecified atom stereocenters. The molecule has 0 atom stereocenters. The average molecular weight is 356 g/mol. The molecule has 0 aromatic rings. The molecule has 0 radical (unpaired) electrons. The van der Waals surface area contributed by atoms with Crippen LogP contribution in [-0.2, 0) is 57.9 Å². The first-order valence-electron chi connectivity index (χ1n) is 3.77. The van der Waals surface area contributed by atoms with E-state index in [1.165, 1.54) is 0 Å². The third-order valence-electron chi connectivity index (χ3n) is 0.844. The maximum Gasteiger partial charge on any atom is -0.0787 e. The van der Waals surface area contributed by atoms with Gasteiger partial charge in [0, 0.05) is 0 Å². The standard InChI is InChI=1S/C3H7O4S2.2CH3O2S.Al/c1-8(4,5)3-9(2,6)7;2*1-4(2)3;/h3H,1-2H3;2*1H3;/q;2*-1;+2. The van der Waals surface area contributed by atoms with Crippen LogP contribution in [0.3, 0.4) is 0 Å². The van der Waals surface area contributed by atoms with Crippen LogP contribution in [0.15, 0.2) is 0 Å². The van der Waals surface area contributed by atoms with Crippen LogP contribution in [0.1, 0.15) is 0 Å². The Labute approximate surface area is 119 Å². The molecule has 0 heterocycles. The minimum atomic E-state index is -3.49. The van der Waals surface area contributed by atoms with E-state index in [2.05, 4.69) is 0 Å². The van der Waals surface area contributed by atoms with Crippen molar-refractivity contribution in [3.8, 4) is 0 Å². The third kappa shape index (κ3) is 25.2. The number of sulfone groups is 2. The monoisotopic (exact) mass is 356 g/mol. The summed E-state index contributed by atoms with van der Waals surface area (Å²) in [7, 11) is -10.7. The molecule has 0 aliphatic rings. The predicted octanol–water partition coefficient (Wildman–Crippen LogP) is -1.62. The summed E-state index contributed by atoms with van der Waals surface area (Å²) in [6.45, 7) is 0. The Balaban J connectivity index is -0.000000233. The van der Waals surface area contributed by atoms with Gasteiger partial charge in [0.25, 0.3) is 0 Å². The molecule has 0 amide bonds. The fourth-order valence-corrected chi connectivity index (χ4v) is 2.86. The number of hydrogen-bond donors (Lipinski definition) is 0. The zero-order valence-corrected chi connectivity index (χ0v) is 14.5. The summed E-state index contributed by atoms with van der Waals surface area (Å²) in [6, 6.07) is 0. The van der Waals surface area contributed by atoms with Gasteiger partial charge >= 0.3 is 68.8 Å². The second-order valence-corrected chi connectivity index (χ2v) is 10.7. The smallest absolute Gasteiger partial charge is 0.0787 e. The molecular formula is C5H13AlO8S4. The van der Waals surface area contributed by atoms with Gasteiger partial charge in [0.1, 0.15) is 0 Å². The molecule has 0 spiro atoms. The number of hydrogen-bond acceptors (Lipinski definition) is 10. The van der Waals surface area contributed by atoms with Gasteiger partial charge in [-0.15, -0.1) is 0 Å². The van der Waals surface area contributed by atoms with Crippen LogP contribution in [0.2, 0.25) is 0 Å². The van der Waals surface area contributed by atoms with E-state index in [1.54, 1.807) is 16.3 Å². The van der Waals surface area contributed by atoms with Crippen LogP contribution in [-0.4, -0.2) is 61.6 Å². The van der Waals surface area contributed by atoms with Gasteiger partial charge in [-0.05, 0) is 0 Å². The summed E-state index contributed by atoms with van der Waals surface area (Å²) < 4.78 is 76.9. The zero-order chi connectivity index (χ0) is 15.7. The van der Waals surface area contributed by atoms with Crippen molar-refractivity contribution in [1.29, 1.82) is 0 Å². The van der Waals surface area contributed by atoms with Gasteiger partial charge in [0.05, 0.1) is 0 Å². The Hall–Kier alpha value is 0.332. The Kier molecular flexibility index (Phi) is 13.2. The van der Waals surface area contributed by atoms with Gasteiger partial charge in [-0.1, -0.05) is 33.9 Å². The van der Waals surface area contributed by atoms with Crippen molar-refractivity contribution in [3.63, 3.8) is 0 Å². The van der Waals surface area contributed by atoms with Gasteiger partial charge in [0.2, 0.25) is 0 Å². The summed E-state index contributed by atoms with van der Waals surface area (Å²) in [5, 5.41) is 0. The van der Waals surface area contributed by atoms with E-state index in [0.717, 1.165) is 25.0 Å². The summed E-state index contributed by atoms with van der Waals surface area (Å²) in [4.78, 5) is 0. The van der Waals surface area contributed by atoms with Crippen LogP contribution in [0.5, 0.6) is 0 Å². The molecule has 0 aliphatic heterocycles. The summed E-state index contributed by atoms with van der Waals surface area (Å²) in [6.07, 6.45) is 3.93. The molecule has 0 aromatic carbocycles. The van der Waals surface area contributed by atoms with E-state index < -0.39 is 44.5 Å². The maximum absolute atomic E-state index is 10.6. The molecule has 0 aromatic heterocycles. The van der Waals surface area contributed by atoms with Crippen molar-refractivity contribution in [2.24, 2.45) is 0 Å². The van der Waals surface area contributed by atoms with Crippen molar-refractivity contribution < 1.29 is 33.7 Å². The molecule has 18 heavy (non-hydrogen) atoms. The molecule has 0 saturated heterocycles. The Morgan fingerprint density at radius 3 is 0.889 bits per heavy atom. The second-order valence-electron chi connectivity index (χ2n) is 2.83. The average Bonchev–Trinajstić information content (AvgIpc) is 1.96. The molecule has 108 valence electrons. The second kappa shape index (κ2) is 10.2. The van der Waals surface area contributed by atoms with Gasteiger partial charge < -0.3 is 16.8 Å². The minimum absolute atomic E-state index is 0.881. The molecular weight excluding hydrogens is 343 g/mol. The van der Waals surface area contributed by atoms with E-state index in [9.17, 15) is 16.8 Å². The maximum atomic E-state index is 10.6. The Morgan fingerprint density at radius 2 is 0.889 bits per heavy atom. The van der Waals surface area contributed by atoms with Crippen molar-refractivity contribution >= 4 is 57.4 Å². The summed E-state index contributed by atoms with van der Waals surface area (Å²) in [5.41, 5.74) is 0. The predicted molar refractivity (Wildman–Crippen MR) is 68.6 cm³/mol. The van der Waals surface area contributed by atoms with Crippen LogP contribution in [0.25, 0.3) is 0 Å². The third-order valence-corrected chi connectivity index (χ3v) is 7.60. The van der Waals surface area contributed by atoms with E-state index in [4.69, 9.17) is 16.8 Å². The van der Waals surface area contributed by atoms with Gasteiger partial charge in [-0.2, -0.15) is 0 Å². The van der Waals surface area contributed by atoms with Crippen LogP contribution in [0.4, 0.5) is 0 Å². The first-order valence-corrected chi connectivity index (χ1v) is 11.3. The molecule has 0 aliphatic carbocycles. The normalized spacial score (nSPS) is 11.6. The summed E-state index contributed by atoms with van der Waals surface area (Å²) >= 11 is 1.77. The van der Waals surface area contributed by atoms with Crippen molar-refractivity contribution in [2.45, 2.75) is 3.44 Å². The van der Waals surface area contributed by atoms with Crippen LogP contribution < -0.4 is 0 Å². The number of rotatable bonds is 2. The first kappa shape index (κ1) is 23.4. The molecule has 13 heteroatoms. The molecule has 0 N–H and O–H groups in total. The largest absolute Gasteiger partial charge is 0.424 e. The topological polar surface area (TPSA) is 137 Å². The SMILES string of the molecule is CS(=O)(=O)[CH]([Al+2])S(C)(=O)=O.C[S-](=O)=O.C[S-](=O)=O. The summed E-state index contributed by atoms with van der Waals surface area (Å²) in [5.74, 6) is 0. The molecule has 0 saturated carbocycles. The van der Waals surface area contributed by atoms with Gasteiger partial charge in [0.15, 0.2) is 0 Å². The fourth-order valence-electron chi connectivity index (χ4n) is 0.318. The Bertz CT molecular complexity index is 499. The van der Waals surface area contributed by atoms with Crippen LogP contribution in [0, 0.1) is 0 Å². The minimum Gasteiger partial charge on any atom is -0.424 e. The van der Waals surface area contributed by atoms with E-state index >= 15 is 0 Å². The van der Waals surface area contributed by atoms with E-state index in [0.29, 0.717) is 0 Å². The van der Waals surface area contributed by atoms with E-state index in [-0.39, 0.29) is 0 Å². The Morgan fingerprint density at radius 1 is 0.778 bits per heavy atom. The quantitative estimate of drug-likeness (QED) is 0.425. The van der Waals surface area contributed by atoms with Gasteiger partial charge in [-0.3, -0.25) is 0 Å².